The zero-order valence-electron chi connectivity index (χ0n) is 11.3. The molecule has 0 spiro atoms. The Labute approximate surface area is 119 Å². The third kappa shape index (κ3) is 7.87. The highest BCUT2D eigenvalue weighted by atomic mass is 32.2. The van der Waals surface area contributed by atoms with Crippen molar-refractivity contribution >= 4 is 23.4 Å². The van der Waals surface area contributed by atoms with E-state index in [0.29, 0.717) is 0 Å². The van der Waals surface area contributed by atoms with E-state index >= 15 is 0 Å². The minimum Gasteiger partial charge on any atom is -0.396 e. The first-order chi connectivity index (χ1) is 9.22. The van der Waals surface area contributed by atoms with E-state index in [0.717, 1.165) is 36.7 Å². The molecular weight excluding hydrogens is 260 g/mol. The Kier molecular flexibility index (Phi) is 8.29. The van der Waals surface area contributed by atoms with Crippen molar-refractivity contribution in [2.45, 2.75) is 19.9 Å². The van der Waals surface area contributed by atoms with E-state index in [1.165, 1.54) is 12.5 Å². The Balaban J connectivity index is 2.14. The van der Waals surface area contributed by atoms with Crippen LogP contribution in [-0.4, -0.2) is 35.7 Å². The summed E-state index contributed by atoms with van der Waals surface area (Å²) in [7, 11) is 0. The number of rotatable bonds is 9. The number of hydrogen-bond acceptors (Lipinski definition) is 4. The van der Waals surface area contributed by atoms with Crippen LogP contribution in [0.3, 0.4) is 0 Å². The molecule has 0 saturated carbocycles. The Hall–Kier alpha value is -1.04. The van der Waals surface area contributed by atoms with Crippen LogP contribution in [-0.2, 0) is 11.3 Å². The lowest BCUT2D eigenvalue weighted by molar-refractivity contribution is -0.114. The van der Waals surface area contributed by atoms with Crippen LogP contribution in [0.2, 0.25) is 0 Å². The van der Waals surface area contributed by atoms with Gasteiger partial charge in [-0.3, -0.25) is 4.79 Å². The molecule has 0 heterocycles. The van der Waals surface area contributed by atoms with Crippen LogP contribution in [0.15, 0.2) is 24.3 Å². The second-order valence-electron chi connectivity index (χ2n) is 4.24. The van der Waals surface area contributed by atoms with Gasteiger partial charge in [0.15, 0.2) is 0 Å². The molecule has 0 fully saturated rings. The highest BCUT2D eigenvalue weighted by molar-refractivity contribution is 7.99. The predicted molar refractivity (Wildman–Crippen MR) is 81.5 cm³/mol. The maximum absolute atomic E-state index is 10.9. The highest BCUT2D eigenvalue weighted by Crippen LogP contribution is 2.09. The lowest BCUT2D eigenvalue weighted by Gasteiger charge is -2.06. The van der Waals surface area contributed by atoms with Crippen LogP contribution < -0.4 is 10.6 Å². The lowest BCUT2D eigenvalue weighted by Crippen LogP contribution is -2.16. The second-order valence-corrected chi connectivity index (χ2v) is 5.47. The first kappa shape index (κ1) is 16.0. The number of benzene rings is 1. The number of nitrogens with one attached hydrogen (secondary N) is 2. The molecule has 0 saturated heterocycles. The molecule has 106 valence electrons. The average Bonchev–Trinajstić information content (AvgIpc) is 2.39. The fourth-order valence-corrected chi connectivity index (χ4v) is 2.38. The molecule has 4 nitrogen and oxygen atoms in total. The molecule has 0 aliphatic heterocycles. The summed E-state index contributed by atoms with van der Waals surface area (Å²) in [6.45, 7) is 3.58. The fraction of sp³-hybridized carbons (Fsp3) is 0.500. The van der Waals surface area contributed by atoms with Crippen molar-refractivity contribution in [2.75, 3.05) is 30.0 Å². The van der Waals surface area contributed by atoms with E-state index in [4.69, 9.17) is 5.11 Å². The SMILES string of the molecule is CC(=O)Nc1ccc(CNCCSCCCO)cc1. The maximum Gasteiger partial charge on any atom is 0.221 e. The van der Waals surface area contributed by atoms with Gasteiger partial charge >= 0.3 is 0 Å². The van der Waals surface area contributed by atoms with Crippen molar-refractivity contribution in [3.63, 3.8) is 0 Å². The minimum absolute atomic E-state index is 0.0502. The fourth-order valence-electron chi connectivity index (χ4n) is 1.55. The van der Waals surface area contributed by atoms with Gasteiger partial charge in [0.2, 0.25) is 5.91 Å². The Morgan fingerprint density at radius 1 is 1.26 bits per heavy atom. The minimum atomic E-state index is -0.0502. The summed E-state index contributed by atoms with van der Waals surface area (Å²) < 4.78 is 0. The van der Waals surface area contributed by atoms with Gasteiger partial charge < -0.3 is 15.7 Å². The number of hydrogen-bond donors (Lipinski definition) is 3. The number of aliphatic hydroxyl groups excluding tert-OH is 1. The summed E-state index contributed by atoms with van der Waals surface area (Å²) in [6.07, 6.45) is 0.870. The van der Waals surface area contributed by atoms with Crippen LogP contribution in [0, 0.1) is 0 Å². The van der Waals surface area contributed by atoms with Crippen molar-refractivity contribution in [3.05, 3.63) is 29.8 Å². The third-order valence-corrected chi connectivity index (χ3v) is 3.54. The van der Waals surface area contributed by atoms with Crippen molar-refractivity contribution in [3.8, 4) is 0 Å². The molecule has 0 aliphatic carbocycles. The van der Waals surface area contributed by atoms with Crippen molar-refractivity contribution in [2.24, 2.45) is 0 Å². The normalized spacial score (nSPS) is 10.4. The molecule has 19 heavy (non-hydrogen) atoms. The van der Waals surface area contributed by atoms with Gasteiger partial charge in [0.25, 0.3) is 0 Å². The second kappa shape index (κ2) is 9.83. The van der Waals surface area contributed by atoms with E-state index in [2.05, 4.69) is 10.6 Å². The third-order valence-electron chi connectivity index (χ3n) is 2.47. The molecule has 5 heteroatoms. The first-order valence-corrected chi connectivity index (χ1v) is 7.63. The average molecular weight is 282 g/mol. The van der Waals surface area contributed by atoms with Gasteiger partial charge in [-0.1, -0.05) is 12.1 Å². The molecule has 0 aliphatic rings. The molecule has 0 bridgehead atoms. The number of amides is 1. The van der Waals surface area contributed by atoms with Crippen LogP contribution in [0.4, 0.5) is 5.69 Å². The summed E-state index contributed by atoms with van der Waals surface area (Å²) in [4.78, 5) is 10.9. The van der Waals surface area contributed by atoms with E-state index in [1.807, 2.05) is 36.0 Å². The standard InChI is InChI=1S/C14H22N2O2S/c1-12(18)16-14-5-3-13(4-6-14)11-15-7-10-19-9-2-8-17/h3-6,15,17H,2,7-11H2,1H3,(H,16,18). The van der Waals surface area contributed by atoms with Crippen LogP contribution in [0.5, 0.6) is 0 Å². The molecule has 1 aromatic carbocycles. The topological polar surface area (TPSA) is 61.4 Å². The summed E-state index contributed by atoms with van der Waals surface area (Å²) in [5.74, 6) is 2.03. The van der Waals surface area contributed by atoms with E-state index in [9.17, 15) is 4.79 Å². The lowest BCUT2D eigenvalue weighted by atomic mass is 10.2. The Bertz CT molecular complexity index is 368. The van der Waals surface area contributed by atoms with Gasteiger partial charge in [-0.2, -0.15) is 11.8 Å². The van der Waals surface area contributed by atoms with Crippen LogP contribution >= 0.6 is 11.8 Å². The Morgan fingerprint density at radius 2 is 2.00 bits per heavy atom. The number of carbonyl (C=O) groups is 1. The van der Waals surface area contributed by atoms with E-state index < -0.39 is 0 Å². The predicted octanol–water partition coefficient (Wildman–Crippen LogP) is 1.85. The maximum atomic E-state index is 10.9. The summed E-state index contributed by atoms with van der Waals surface area (Å²) >= 11 is 1.85. The van der Waals surface area contributed by atoms with Crippen LogP contribution in [0.1, 0.15) is 18.9 Å². The molecule has 1 rings (SSSR count). The molecule has 0 atom stereocenters. The van der Waals surface area contributed by atoms with Gasteiger partial charge in [0.05, 0.1) is 0 Å². The van der Waals surface area contributed by atoms with Gasteiger partial charge in [-0.15, -0.1) is 0 Å². The highest BCUT2D eigenvalue weighted by Gasteiger charge is 1.96. The van der Waals surface area contributed by atoms with Crippen molar-refractivity contribution in [1.29, 1.82) is 0 Å². The monoisotopic (exact) mass is 282 g/mol. The molecule has 0 unspecified atom stereocenters. The summed E-state index contributed by atoms with van der Waals surface area (Å²) in [6, 6.07) is 7.84. The molecule has 1 amide bonds. The largest absolute Gasteiger partial charge is 0.396 e. The molecule has 0 aromatic heterocycles. The number of aliphatic hydroxyl groups is 1. The van der Waals surface area contributed by atoms with Gasteiger partial charge in [-0.25, -0.2) is 0 Å². The van der Waals surface area contributed by atoms with Crippen molar-refractivity contribution in [1.82, 2.24) is 5.32 Å². The zero-order chi connectivity index (χ0) is 13.9. The summed E-state index contributed by atoms with van der Waals surface area (Å²) in [5, 5.41) is 14.8. The molecule has 1 aromatic rings. The number of thioether (sulfide) groups is 1. The zero-order valence-corrected chi connectivity index (χ0v) is 12.1. The number of carbonyl (C=O) groups excluding carboxylic acids is 1. The van der Waals surface area contributed by atoms with Gasteiger partial charge in [-0.05, 0) is 29.9 Å². The van der Waals surface area contributed by atoms with Gasteiger partial charge in [0, 0.05) is 38.1 Å². The van der Waals surface area contributed by atoms with E-state index in [1.54, 1.807) is 0 Å². The molecule has 0 radical (unpaired) electrons. The smallest absolute Gasteiger partial charge is 0.221 e. The van der Waals surface area contributed by atoms with Crippen LogP contribution in [0.25, 0.3) is 0 Å². The number of anilines is 1. The Morgan fingerprint density at radius 3 is 2.63 bits per heavy atom. The molecule has 3 N–H and O–H groups in total. The van der Waals surface area contributed by atoms with Gasteiger partial charge in [0.1, 0.15) is 0 Å². The van der Waals surface area contributed by atoms with Crippen molar-refractivity contribution < 1.29 is 9.90 Å². The molecular formula is C14H22N2O2S. The first-order valence-electron chi connectivity index (χ1n) is 6.48. The van der Waals surface area contributed by atoms with E-state index in [-0.39, 0.29) is 12.5 Å². The quantitative estimate of drug-likeness (QED) is 0.605. The summed E-state index contributed by atoms with van der Waals surface area (Å²) in [5.41, 5.74) is 2.03.